The molecule has 0 aliphatic carbocycles. The van der Waals surface area contributed by atoms with E-state index in [9.17, 15) is 0 Å². The molecule has 2 heterocycles. The Labute approximate surface area is 144 Å². The van der Waals surface area contributed by atoms with Crippen LogP contribution in [0.2, 0.25) is 5.02 Å². The van der Waals surface area contributed by atoms with E-state index in [1.54, 1.807) is 10.9 Å². The minimum absolute atomic E-state index is 0.671. The lowest BCUT2D eigenvalue weighted by Crippen LogP contribution is -1.98. The van der Waals surface area contributed by atoms with Gasteiger partial charge in [-0.3, -0.25) is 0 Å². The van der Waals surface area contributed by atoms with Gasteiger partial charge in [-0.05, 0) is 48.9 Å². The van der Waals surface area contributed by atoms with Crippen LogP contribution in [0.15, 0.2) is 73.2 Å². The van der Waals surface area contributed by atoms with Crippen molar-refractivity contribution in [3.8, 4) is 22.5 Å². The van der Waals surface area contributed by atoms with Crippen molar-refractivity contribution in [2.75, 3.05) is 0 Å². The largest absolute Gasteiger partial charge is 0.241 e. The molecule has 2 aromatic carbocycles. The first kappa shape index (κ1) is 14.7. The van der Waals surface area contributed by atoms with E-state index < -0.39 is 0 Å². The molecule has 24 heavy (non-hydrogen) atoms. The van der Waals surface area contributed by atoms with Gasteiger partial charge in [0.2, 0.25) is 0 Å². The fourth-order valence-electron chi connectivity index (χ4n) is 2.81. The lowest BCUT2D eigenvalue weighted by molar-refractivity contribution is 0.847. The van der Waals surface area contributed by atoms with E-state index in [0.29, 0.717) is 5.02 Å². The molecule has 0 radical (unpaired) electrons. The van der Waals surface area contributed by atoms with Crippen LogP contribution in [0.4, 0.5) is 0 Å². The number of rotatable bonds is 3. The normalized spacial score (nSPS) is 10.9. The highest BCUT2D eigenvalue weighted by Crippen LogP contribution is 2.29. The maximum atomic E-state index is 6.32. The second-order valence-electron chi connectivity index (χ2n) is 5.54. The van der Waals surface area contributed by atoms with Gasteiger partial charge in [-0.1, -0.05) is 29.8 Å². The predicted octanol–water partition coefficient (Wildman–Crippen LogP) is 4.69. The van der Waals surface area contributed by atoms with E-state index in [1.807, 2.05) is 65.6 Å². The Morgan fingerprint density at radius 1 is 0.917 bits per heavy atom. The number of hydrogen-bond donors (Lipinski definition) is 0. The first-order valence-corrected chi connectivity index (χ1v) is 8.01. The maximum absolute atomic E-state index is 6.32. The Morgan fingerprint density at radius 2 is 1.75 bits per heavy atom. The van der Waals surface area contributed by atoms with Crippen LogP contribution in [-0.4, -0.2) is 19.6 Å². The van der Waals surface area contributed by atoms with Crippen molar-refractivity contribution in [2.24, 2.45) is 0 Å². The van der Waals surface area contributed by atoms with Crippen LogP contribution in [-0.2, 0) is 0 Å². The summed E-state index contributed by atoms with van der Waals surface area (Å²) in [6.07, 6.45) is 5.52. The fourth-order valence-corrected chi connectivity index (χ4v) is 3.04. The standard InChI is InChI=1S/C19H15ClN4/c1-14-19(13-22-24(14)17-6-3-2-4-7-17)15-10-16(20)12-18(11-15)23-9-5-8-21-23/h2-13H,1H3. The SMILES string of the molecule is Cc1c(-c2cc(Cl)cc(-n3cccn3)c2)cnn1-c1ccccc1. The van der Waals surface area contributed by atoms with Gasteiger partial charge in [0.05, 0.1) is 17.6 Å². The second-order valence-corrected chi connectivity index (χ2v) is 5.98. The van der Waals surface area contributed by atoms with Crippen molar-refractivity contribution in [2.45, 2.75) is 6.92 Å². The molecule has 0 N–H and O–H groups in total. The number of hydrogen-bond acceptors (Lipinski definition) is 2. The molecule has 5 heteroatoms. The quantitative estimate of drug-likeness (QED) is 0.545. The molecule has 0 saturated carbocycles. The van der Waals surface area contributed by atoms with E-state index in [4.69, 9.17) is 11.6 Å². The van der Waals surface area contributed by atoms with Crippen molar-refractivity contribution in [1.82, 2.24) is 19.6 Å². The molecule has 118 valence electrons. The number of halogens is 1. The molecule has 4 aromatic rings. The lowest BCUT2D eigenvalue weighted by atomic mass is 10.1. The maximum Gasteiger partial charge on any atom is 0.0666 e. The minimum Gasteiger partial charge on any atom is -0.241 e. The first-order valence-electron chi connectivity index (χ1n) is 7.63. The Morgan fingerprint density at radius 3 is 2.50 bits per heavy atom. The third-order valence-electron chi connectivity index (χ3n) is 3.97. The van der Waals surface area contributed by atoms with E-state index in [0.717, 1.165) is 28.2 Å². The van der Waals surface area contributed by atoms with Crippen molar-refractivity contribution < 1.29 is 0 Å². The zero-order valence-electron chi connectivity index (χ0n) is 13.1. The minimum atomic E-state index is 0.671. The average Bonchev–Trinajstić information content (AvgIpc) is 3.25. The number of nitrogens with zero attached hydrogens (tertiary/aromatic N) is 4. The summed E-state index contributed by atoms with van der Waals surface area (Å²) < 4.78 is 3.73. The summed E-state index contributed by atoms with van der Waals surface area (Å²) in [4.78, 5) is 0. The molecule has 0 amide bonds. The molecule has 0 bridgehead atoms. The van der Waals surface area contributed by atoms with Gasteiger partial charge in [-0.2, -0.15) is 10.2 Å². The topological polar surface area (TPSA) is 35.6 Å². The fraction of sp³-hybridized carbons (Fsp3) is 0.0526. The van der Waals surface area contributed by atoms with Gasteiger partial charge in [-0.15, -0.1) is 0 Å². The van der Waals surface area contributed by atoms with Crippen molar-refractivity contribution in [3.05, 3.63) is 83.9 Å². The van der Waals surface area contributed by atoms with Crippen LogP contribution in [0.1, 0.15) is 5.69 Å². The summed E-state index contributed by atoms with van der Waals surface area (Å²) in [5, 5.41) is 9.48. The zero-order valence-corrected chi connectivity index (χ0v) is 13.9. The van der Waals surface area contributed by atoms with Crippen LogP contribution in [0.25, 0.3) is 22.5 Å². The Balaban J connectivity index is 1.82. The van der Waals surface area contributed by atoms with Crippen LogP contribution < -0.4 is 0 Å². The molecule has 0 aliphatic rings. The molecule has 0 fully saturated rings. The molecule has 0 atom stereocenters. The average molecular weight is 335 g/mol. The van der Waals surface area contributed by atoms with E-state index >= 15 is 0 Å². The molecule has 4 nitrogen and oxygen atoms in total. The van der Waals surface area contributed by atoms with Crippen molar-refractivity contribution in [1.29, 1.82) is 0 Å². The zero-order chi connectivity index (χ0) is 16.5. The highest BCUT2D eigenvalue weighted by molar-refractivity contribution is 6.31. The number of benzene rings is 2. The smallest absolute Gasteiger partial charge is 0.0666 e. The molecule has 0 spiro atoms. The van der Waals surface area contributed by atoms with Gasteiger partial charge >= 0.3 is 0 Å². The van der Waals surface area contributed by atoms with E-state index in [2.05, 4.69) is 23.2 Å². The predicted molar refractivity (Wildman–Crippen MR) is 95.9 cm³/mol. The molecule has 4 rings (SSSR count). The van der Waals surface area contributed by atoms with Crippen molar-refractivity contribution in [3.63, 3.8) is 0 Å². The summed E-state index contributed by atoms with van der Waals surface area (Å²) in [5.74, 6) is 0. The summed E-state index contributed by atoms with van der Waals surface area (Å²) >= 11 is 6.32. The third-order valence-corrected chi connectivity index (χ3v) is 4.19. The van der Waals surface area contributed by atoms with Crippen LogP contribution in [0.5, 0.6) is 0 Å². The van der Waals surface area contributed by atoms with Crippen molar-refractivity contribution >= 4 is 11.6 Å². The molecular weight excluding hydrogens is 320 g/mol. The monoisotopic (exact) mass is 334 g/mol. The summed E-state index contributed by atoms with van der Waals surface area (Å²) in [6.45, 7) is 2.06. The Kier molecular flexibility index (Phi) is 3.67. The molecule has 0 aliphatic heterocycles. The number of aromatic nitrogens is 4. The first-order chi connectivity index (χ1) is 11.7. The molecule has 2 aromatic heterocycles. The molecule has 0 unspecified atom stereocenters. The summed E-state index contributed by atoms with van der Waals surface area (Å²) in [7, 11) is 0. The summed E-state index contributed by atoms with van der Waals surface area (Å²) in [6, 6.07) is 17.9. The van der Waals surface area contributed by atoms with Crippen LogP contribution in [0, 0.1) is 6.92 Å². The Bertz CT molecular complexity index is 972. The van der Waals surface area contributed by atoms with Gasteiger partial charge in [0.25, 0.3) is 0 Å². The van der Waals surface area contributed by atoms with Gasteiger partial charge in [-0.25, -0.2) is 9.36 Å². The number of para-hydroxylation sites is 1. The highest BCUT2D eigenvalue weighted by Gasteiger charge is 2.12. The molecular formula is C19H15ClN4. The molecule has 0 saturated heterocycles. The van der Waals surface area contributed by atoms with Gasteiger partial charge in [0.1, 0.15) is 0 Å². The van der Waals surface area contributed by atoms with E-state index in [1.165, 1.54) is 0 Å². The lowest BCUT2D eigenvalue weighted by Gasteiger charge is -2.08. The second kappa shape index (κ2) is 5.98. The van der Waals surface area contributed by atoms with Crippen LogP contribution in [0.3, 0.4) is 0 Å². The van der Waals surface area contributed by atoms with Gasteiger partial charge < -0.3 is 0 Å². The summed E-state index contributed by atoms with van der Waals surface area (Å²) in [5.41, 5.74) is 5.10. The van der Waals surface area contributed by atoms with E-state index in [-0.39, 0.29) is 0 Å². The highest BCUT2D eigenvalue weighted by atomic mass is 35.5. The Hall–Kier alpha value is -2.85. The third kappa shape index (κ3) is 2.61. The van der Waals surface area contributed by atoms with Gasteiger partial charge in [0.15, 0.2) is 0 Å². The van der Waals surface area contributed by atoms with Crippen LogP contribution >= 0.6 is 11.6 Å². The van der Waals surface area contributed by atoms with Gasteiger partial charge in [0, 0.05) is 28.7 Å².